The molecule has 22 heavy (non-hydrogen) atoms. The number of nitrogens with one attached hydrogen (secondary N) is 2. The van der Waals surface area contributed by atoms with Crippen LogP contribution in [0.15, 0.2) is 41.5 Å². The first-order valence-corrected chi connectivity index (χ1v) is 7.52. The van der Waals surface area contributed by atoms with Crippen LogP contribution >= 0.6 is 0 Å². The molecule has 5 nitrogen and oxygen atoms in total. The molecule has 116 valence electrons. The molecule has 0 saturated heterocycles. The molecule has 0 spiro atoms. The van der Waals surface area contributed by atoms with E-state index in [1.165, 1.54) is 12.1 Å². The van der Waals surface area contributed by atoms with Gasteiger partial charge in [0, 0.05) is 30.2 Å². The maximum atomic E-state index is 12.4. The normalized spacial score (nSPS) is 11.9. The van der Waals surface area contributed by atoms with Crippen LogP contribution in [0.25, 0.3) is 0 Å². The zero-order valence-electron chi connectivity index (χ0n) is 12.9. The van der Waals surface area contributed by atoms with Crippen LogP contribution in [0, 0.1) is 6.92 Å². The number of aromatic amines is 1. The third-order valence-electron chi connectivity index (χ3n) is 3.46. The fraction of sp³-hybridized carbons (Fsp3) is 0.353. The van der Waals surface area contributed by atoms with Gasteiger partial charge in [-0.2, -0.15) is 0 Å². The number of hydrogen-bond acceptors (Lipinski definition) is 3. The summed E-state index contributed by atoms with van der Waals surface area (Å²) >= 11 is 0. The molecule has 0 saturated carbocycles. The van der Waals surface area contributed by atoms with Crippen molar-refractivity contribution in [3.05, 3.63) is 63.8 Å². The second kappa shape index (κ2) is 7.54. The van der Waals surface area contributed by atoms with Crippen LogP contribution in [-0.4, -0.2) is 15.9 Å². The highest BCUT2D eigenvalue weighted by Crippen LogP contribution is 2.18. The third kappa shape index (κ3) is 4.28. The Hall–Kier alpha value is -2.43. The summed E-state index contributed by atoms with van der Waals surface area (Å²) in [6, 6.07) is 6.49. The van der Waals surface area contributed by atoms with Crippen LogP contribution in [0.4, 0.5) is 0 Å². The summed E-state index contributed by atoms with van der Waals surface area (Å²) in [5.41, 5.74) is 1.76. The molecule has 0 fully saturated rings. The minimum atomic E-state index is -0.272. The highest BCUT2D eigenvalue weighted by molar-refractivity contribution is 5.92. The summed E-state index contributed by atoms with van der Waals surface area (Å²) in [6.45, 7) is 3.87. The fourth-order valence-electron chi connectivity index (χ4n) is 2.35. The molecular weight excluding hydrogens is 278 g/mol. The van der Waals surface area contributed by atoms with Crippen molar-refractivity contribution in [2.75, 3.05) is 0 Å². The summed E-state index contributed by atoms with van der Waals surface area (Å²) in [4.78, 5) is 31.0. The number of H-pyrrole nitrogens is 1. The molecule has 0 bridgehead atoms. The third-order valence-corrected chi connectivity index (χ3v) is 3.46. The van der Waals surface area contributed by atoms with E-state index in [2.05, 4.69) is 22.2 Å². The van der Waals surface area contributed by atoms with Crippen molar-refractivity contribution in [2.24, 2.45) is 0 Å². The number of hydrogen-bond donors (Lipinski definition) is 2. The van der Waals surface area contributed by atoms with E-state index in [0.29, 0.717) is 5.69 Å². The number of aromatic nitrogens is 2. The summed E-state index contributed by atoms with van der Waals surface area (Å²) in [5, 5.41) is 2.99. The molecule has 2 N–H and O–H groups in total. The second-order valence-corrected chi connectivity index (χ2v) is 5.37. The summed E-state index contributed by atoms with van der Waals surface area (Å²) in [5.74, 6) is -0.272. The van der Waals surface area contributed by atoms with E-state index in [1.807, 2.05) is 12.1 Å². The molecule has 2 heterocycles. The van der Waals surface area contributed by atoms with Gasteiger partial charge in [-0.15, -0.1) is 0 Å². The van der Waals surface area contributed by atoms with Crippen molar-refractivity contribution in [1.82, 2.24) is 15.3 Å². The van der Waals surface area contributed by atoms with Crippen LogP contribution in [-0.2, 0) is 0 Å². The molecule has 1 atom stereocenters. The number of carbonyl (C=O) groups is 1. The van der Waals surface area contributed by atoms with Crippen molar-refractivity contribution in [3.8, 4) is 0 Å². The molecule has 0 aliphatic heterocycles. The molecule has 1 amide bonds. The second-order valence-electron chi connectivity index (χ2n) is 5.37. The highest BCUT2D eigenvalue weighted by atomic mass is 16.2. The van der Waals surface area contributed by atoms with Crippen LogP contribution in [0.2, 0.25) is 0 Å². The minimum Gasteiger partial charge on any atom is -0.354 e. The number of nitrogens with zero attached hydrogens (tertiary/aromatic N) is 1. The quantitative estimate of drug-likeness (QED) is 0.861. The Morgan fingerprint density at radius 1 is 1.41 bits per heavy atom. The van der Waals surface area contributed by atoms with Crippen molar-refractivity contribution in [1.29, 1.82) is 0 Å². The lowest BCUT2D eigenvalue weighted by Gasteiger charge is -2.18. The molecular formula is C17H21N3O2. The van der Waals surface area contributed by atoms with Crippen LogP contribution < -0.4 is 10.7 Å². The van der Waals surface area contributed by atoms with Crippen molar-refractivity contribution in [2.45, 2.75) is 39.2 Å². The molecule has 2 aromatic heterocycles. The predicted octanol–water partition coefficient (Wildman–Crippen LogP) is 2.74. The number of carbonyl (C=O) groups excluding carboxylic acids is 1. The zero-order valence-corrected chi connectivity index (χ0v) is 12.9. The van der Waals surface area contributed by atoms with Gasteiger partial charge in [-0.1, -0.05) is 25.8 Å². The first kappa shape index (κ1) is 15.9. The van der Waals surface area contributed by atoms with Gasteiger partial charge in [-0.25, -0.2) is 0 Å². The molecule has 1 unspecified atom stereocenters. The Morgan fingerprint density at radius 2 is 2.23 bits per heavy atom. The monoisotopic (exact) mass is 299 g/mol. The largest absolute Gasteiger partial charge is 0.354 e. The van der Waals surface area contributed by atoms with Gasteiger partial charge in [0.2, 0.25) is 0 Å². The molecule has 5 heteroatoms. The molecule has 0 aliphatic carbocycles. The molecule has 0 aliphatic rings. The van der Waals surface area contributed by atoms with Gasteiger partial charge in [0.05, 0.1) is 6.04 Å². The van der Waals surface area contributed by atoms with Gasteiger partial charge in [0.1, 0.15) is 5.69 Å². The Morgan fingerprint density at radius 3 is 2.86 bits per heavy atom. The van der Waals surface area contributed by atoms with E-state index in [4.69, 9.17) is 0 Å². The van der Waals surface area contributed by atoms with E-state index in [0.717, 1.165) is 24.8 Å². The SMILES string of the molecule is CCCCC(NC(=O)c1cc(=O)cc(C)[nH]1)c1cccnc1. The highest BCUT2D eigenvalue weighted by Gasteiger charge is 2.16. The first-order valence-electron chi connectivity index (χ1n) is 7.52. The number of amides is 1. The number of unbranched alkanes of at least 4 members (excludes halogenated alkanes) is 1. The summed E-state index contributed by atoms with van der Waals surface area (Å²) in [6.07, 6.45) is 6.36. The lowest BCUT2D eigenvalue weighted by atomic mass is 10.0. The molecule has 0 aromatic carbocycles. The Labute approximate surface area is 129 Å². The minimum absolute atomic E-state index is 0.106. The Balaban J connectivity index is 2.19. The van der Waals surface area contributed by atoms with E-state index in [1.54, 1.807) is 19.3 Å². The average molecular weight is 299 g/mol. The lowest BCUT2D eigenvalue weighted by Crippen LogP contribution is -2.30. The van der Waals surface area contributed by atoms with Gasteiger partial charge in [-0.05, 0) is 25.0 Å². The van der Waals surface area contributed by atoms with Crippen molar-refractivity contribution >= 4 is 5.91 Å². The Kier molecular flexibility index (Phi) is 5.47. The molecule has 0 radical (unpaired) electrons. The maximum Gasteiger partial charge on any atom is 0.268 e. The molecule has 2 rings (SSSR count). The molecule has 2 aromatic rings. The lowest BCUT2D eigenvalue weighted by molar-refractivity contribution is 0.0928. The van der Waals surface area contributed by atoms with Crippen LogP contribution in [0.5, 0.6) is 0 Å². The standard InChI is InChI=1S/C17H21N3O2/c1-3-4-7-15(13-6-5-8-18-11-13)20-17(22)16-10-14(21)9-12(2)19-16/h5-6,8-11,15H,3-4,7H2,1-2H3,(H,19,21)(H,20,22). The van der Waals surface area contributed by atoms with E-state index >= 15 is 0 Å². The summed E-state index contributed by atoms with van der Waals surface area (Å²) < 4.78 is 0. The van der Waals surface area contributed by atoms with E-state index in [-0.39, 0.29) is 23.1 Å². The average Bonchev–Trinajstić information content (AvgIpc) is 2.51. The number of rotatable bonds is 6. The maximum absolute atomic E-state index is 12.4. The number of aryl methyl sites for hydroxylation is 1. The zero-order chi connectivity index (χ0) is 15.9. The summed E-state index contributed by atoms with van der Waals surface area (Å²) in [7, 11) is 0. The Bertz CT molecular complexity index is 680. The van der Waals surface area contributed by atoms with E-state index in [9.17, 15) is 9.59 Å². The van der Waals surface area contributed by atoms with Gasteiger partial charge in [0.15, 0.2) is 5.43 Å². The van der Waals surface area contributed by atoms with Gasteiger partial charge in [0.25, 0.3) is 5.91 Å². The predicted molar refractivity (Wildman–Crippen MR) is 85.8 cm³/mol. The van der Waals surface area contributed by atoms with Gasteiger partial charge in [-0.3, -0.25) is 14.6 Å². The van der Waals surface area contributed by atoms with Crippen molar-refractivity contribution < 1.29 is 4.79 Å². The van der Waals surface area contributed by atoms with Crippen LogP contribution in [0.3, 0.4) is 0 Å². The van der Waals surface area contributed by atoms with Crippen molar-refractivity contribution in [3.63, 3.8) is 0 Å². The van der Waals surface area contributed by atoms with Gasteiger partial charge >= 0.3 is 0 Å². The smallest absolute Gasteiger partial charge is 0.268 e. The topological polar surface area (TPSA) is 74.8 Å². The first-order chi connectivity index (χ1) is 10.6. The number of pyridine rings is 2. The van der Waals surface area contributed by atoms with E-state index < -0.39 is 0 Å². The van der Waals surface area contributed by atoms with Gasteiger partial charge < -0.3 is 10.3 Å². The fourth-order valence-corrected chi connectivity index (χ4v) is 2.35. The van der Waals surface area contributed by atoms with Crippen LogP contribution in [0.1, 0.15) is 54.0 Å².